The summed E-state index contributed by atoms with van der Waals surface area (Å²) in [5, 5.41) is 9.58. The SMILES string of the molecule is CCCCNC(=NCc1ccc(C)cc1)NCCNC(=O)C(C)(C)C. The molecular formula is C20H34N4O. The van der Waals surface area contributed by atoms with Crippen LogP contribution in [0.3, 0.4) is 0 Å². The Balaban J connectivity index is 2.50. The summed E-state index contributed by atoms with van der Waals surface area (Å²) in [6.07, 6.45) is 2.24. The molecule has 0 bridgehead atoms. The molecule has 1 aromatic rings. The van der Waals surface area contributed by atoms with Crippen molar-refractivity contribution in [1.29, 1.82) is 0 Å². The summed E-state index contributed by atoms with van der Waals surface area (Å²) in [6.45, 7) is 12.7. The van der Waals surface area contributed by atoms with Crippen LogP contribution < -0.4 is 16.0 Å². The van der Waals surface area contributed by atoms with E-state index in [1.807, 2.05) is 20.8 Å². The van der Waals surface area contributed by atoms with Gasteiger partial charge in [-0.25, -0.2) is 4.99 Å². The number of unbranched alkanes of at least 4 members (excludes halogenated alkanes) is 1. The maximum absolute atomic E-state index is 11.9. The average molecular weight is 347 g/mol. The zero-order valence-corrected chi connectivity index (χ0v) is 16.4. The molecule has 0 atom stereocenters. The first-order valence-corrected chi connectivity index (χ1v) is 9.19. The van der Waals surface area contributed by atoms with E-state index >= 15 is 0 Å². The van der Waals surface area contributed by atoms with E-state index in [2.05, 4.69) is 59.1 Å². The van der Waals surface area contributed by atoms with Crippen LogP contribution in [0.5, 0.6) is 0 Å². The van der Waals surface area contributed by atoms with Crippen molar-refractivity contribution in [3.8, 4) is 0 Å². The van der Waals surface area contributed by atoms with Crippen molar-refractivity contribution in [2.45, 2.75) is 54.0 Å². The van der Waals surface area contributed by atoms with E-state index in [1.54, 1.807) is 0 Å². The zero-order chi connectivity index (χ0) is 18.7. The summed E-state index contributed by atoms with van der Waals surface area (Å²) in [4.78, 5) is 16.5. The van der Waals surface area contributed by atoms with Crippen LogP contribution in [0.15, 0.2) is 29.3 Å². The Morgan fingerprint density at radius 2 is 1.60 bits per heavy atom. The molecule has 0 radical (unpaired) electrons. The number of benzene rings is 1. The third kappa shape index (κ3) is 9.13. The van der Waals surface area contributed by atoms with E-state index in [4.69, 9.17) is 0 Å². The van der Waals surface area contributed by atoms with Crippen LogP contribution in [-0.4, -0.2) is 31.5 Å². The van der Waals surface area contributed by atoms with E-state index in [0.29, 0.717) is 19.6 Å². The van der Waals surface area contributed by atoms with Crippen molar-refractivity contribution in [1.82, 2.24) is 16.0 Å². The van der Waals surface area contributed by atoms with Crippen LogP contribution in [0.2, 0.25) is 0 Å². The van der Waals surface area contributed by atoms with Crippen LogP contribution in [0, 0.1) is 12.3 Å². The van der Waals surface area contributed by atoms with Gasteiger partial charge in [0.05, 0.1) is 6.54 Å². The van der Waals surface area contributed by atoms with Crippen LogP contribution in [0.25, 0.3) is 0 Å². The molecule has 5 heteroatoms. The number of nitrogens with zero attached hydrogens (tertiary/aromatic N) is 1. The number of aliphatic imine (C=N–C) groups is 1. The topological polar surface area (TPSA) is 65.5 Å². The zero-order valence-electron chi connectivity index (χ0n) is 16.4. The minimum atomic E-state index is -0.359. The molecule has 1 rings (SSSR count). The fraction of sp³-hybridized carbons (Fsp3) is 0.600. The van der Waals surface area contributed by atoms with Gasteiger partial charge in [0.15, 0.2) is 5.96 Å². The Kier molecular flexibility index (Phi) is 9.03. The number of nitrogens with one attached hydrogen (secondary N) is 3. The maximum Gasteiger partial charge on any atom is 0.225 e. The first kappa shape index (κ1) is 21.0. The lowest BCUT2D eigenvalue weighted by atomic mass is 9.96. The van der Waals surface area contributed by atoms with E-state index < -0.39 is 0 Å². The molecule has 0 saturated carbocycles. The Morgan fingerprint density at radius 1 is 1.00 bits per heavy atom. The summed E-state index contributed by atoms with van der Waals surface area (Å²) < 4.78 is 0. The van der Waals surface area contributed by atoms with Crippen LogP contribution in [0.4, 0.5) is 0 Å². The van der Waals surface area contributed by atoms with Gasteiger partial charge >= 0.3 is 0 Å². The maximum atomic E-state index is 11.9. The van der Waals surface area contributed by atoms with Gasteiger partial charge in [0.25, 0.3) is 0 Å². The fourth-order valence-electron chi connectivity index (χ4n) is 2.04. The number of hydrogen-bond donors (Lipinski definition) is 3. The van der Waals surface area contributed by atoms with Gasteiger partial charge in [-0.15, -0.1) is 0 Å². The standard InChI is InChI=1S/C20H34N4O/c1-6-7-12-22-19(23-14-13-21-18(25)20(3,4)5)24-15-17-10-8-16(2)9-11-17/h8-11H,6-7,12-15H2,1-5H3,(H,21,25)(H2,22,23,24). The van der Waals surface area contributed by atoms with Crippen molar-refractivity contribution in [3.63, 3.8) is 0 Å². The number of amides is 1. The largest absolute Gasteiger partial charge is 0.356 e. The number of carbonyl (C=O) groups is 1. The Bertz CT molecular complexity index is 544. The molecule has 0 fully saturated rings. The molecule has 1 aromatic carbocycles. The molecule has 0 spiro atoms. The molecule has 0 aliphatic rings. The molecule has 3 N–H and O–H groups in total. The lowest BCUT2D eigenvalue weighted by Crippen LogP contribution is -2.43. The molecule has 1 amide bonds. The van der Waals surface area contributed by atoms with Gasteiger partial charge in [-0.3, -0.25) is 4.79 Å². The highest BCUT2D eigenvalue weighted by molar-refractivity contribution is 5.81. The average Bonchev–Trinajstić information content (AvgIpc) is 2.56. The number of hydrogen-bond acceptors (Lipinski definition) is 2. The predicted molar refractivity (Wildman–Crippen MR) is 106 cm³/mol. The number of aryl methyl sites for hydroxylation is 1. The van der Waals surface area contributed by atoms with Crippen molar-refractivity contribution in [2.24, 2.45) is 10.4 Å². The third-order valence-corrected chi connectivity index (χ3v) is 3.75. The van der Waals surface area contributed by atoms with Crippen LogP contribution in [0.1, 0.15) is 51.7 Å². The Hall–Kier alpha value is -2.04. The molecule has 0 aliphatic heterocycles. The molecule has 0 saturated heterocycles. The lowest BCUT2D eigenvalue weighted by molar-refractivity contribution is -0.128. The molecule has 140 valence electrons. The first-order valence-electron chi connectivity index (χ1n) is 9.19. The summed E-state index contributed by atoms with van der Waals surface area (Å²) in [6, 6.07) is 8.41. The van der Waals surface area contributed by atoms with Gasteiger partial charge in [-0.2, -0.15) is 0 Å². The molecule has 0 heterocycles. The van der Waals surface area contributed by atoms with Gasteiger partial charge in [0.2, 0.25) is 5.91 Å². The molecule has 5 nitrogen and oxygen atoms in total. The molecule has 0 aliphatic carbocycles. The molecule has 0 aromatic heterocycles. The minimum Gasteiger partial charge on any atom is -0.356 e. The first-order chi connectivity index (χ1) is 11.8. The smallest absolute Gasteiger partial charge is 0.225 e. The van der Waals surface area contributed by atoms with Gasteiger partial charge < -0.3 is 16.0 Å². The number of carbonyl (C=O) groups excluding carboxylic acids is 1. The summed E-state index contributed by atoms with van der Waals surface area (Å²) in [7, 11) is 0. The van der Waals surface area contributed by atoms with Gasteiger partial charge in [-0.1, -0.05) is 63.9 Å². The highest BCUT2D eigenvalue weighted by Gasteiger charge is 2.20. The highest BCUT2D eigenvalue weighted by Crippen LogP contribution is 2.11. The third-order valence-electron chi connectivity index (χ3n) is 3.75. The quantitative estimate of drug-likeness (QED) is 0.385. The lowest BCUT2D eigenvalue weighted by Gasteiger charge is -2.18. The van der Waals surface area contributed by atoms with Crippen molar-refractivity contribution in [2.75, 3.05) is 19.6 Å². The van der Waals surface area contributed by atoms with Crippen molar-refractivity contribution >= 4 is 11.9 Å². The molecular weight excluding hydrogens is 312 g/mol. The van der Waals surface area contributed by atoms with Crippen LogP contribution in [-0.2, 0) is 11.3 Å². The summed E-state index contributed by atoms with van der Waals surface area (Å²) in [5.41, 5.74) is 2.08. The summed E-state index contributed by atoms with van der Waals surface area (Å²) >= 11 is 0. The van der Waals surface area contributed by atoms with Crippen molar-refractivity contribution < 1.29 is 4.79 Å². The molecule has 25 heavy (non-hydrogen) atoms. The van der Waals surface area contributed by atoms with E-state index in [-0.39, 0.29) is 11.3 Å². The van der Waals surface area contributed by atoms with Crippen LogP contribution >= 0.6 is 0 Å². The molecule has 0 unspecified atom stereocenters. The normalized spacial score (nSPS) is 12.0. The van der Waals surface area contributed by atoms with E-state index in [9.17, 15) is 4.79 Å². The van der Waals surface area contributed by atoms with Crippen molar-refractivity contribution in [3.05, 3.63) is 35.4 Å². The van der Waals surface area contributed by atoms with Gasteiger partial charge in [0.1, 0.15) is 0 Å². The number of guanidine groups is 1. The second kappa shape index (κ2) is 10.7. The summed E-state index contributed by atoms with van der Waals surface area (Å²) in [5.74, 6) is 0.852. The highest BCUT2D eigenvalue weighted by atomic mass is 16.2. The van der Waals surface area contributed by atoms with Gasteiger partial charge in [-0.05, 0) is 18.9 Å². The second-order valence-electron chi connectivity index (χ2n) is 7.36. The van der Waals surface area contributed by atoms with E-state index in [1.165, 1.54) is 11.1 Å². The number of rotatable bonds is 8. The predicted octanol–water partition coefficient (Wildman–Crippen LogP) is 2.99. The van der Waals surface area contributed by atoms with Gasteiger partial charge in [0, 0.05) is 25.0 Å². The minimum absolute atomic E-state index is 0.0615. The monoisotopic (exact) mass is 346 g/mol. The Labute approximate surface area is 152 Å². The second-order valence-corrected chi connectivity index (χ2v) is 7.36. The van der Waals surface area contributed by atoms with E-state index in [0.717, 1.165) is 25.3 Å². The fourth-order valence-corrected chi connectivity index (χ4v) is 2.04. The Morgan fingerprint density at radius 3 is 2.20 bits per heavy atom.